The third kappa shape index (κ3) is 4.43. The molecule has 0 saturated carbocycles. The van der Waals surface area contributed by atoms with Gasteiger partial charge in [0.2, 0.25) is 0 Å². The molecule has 1 aliphatic heterocycles. The second-order valence-corrected chi connectivity index (χ2v) is 8.73. The van der Waals surface area contributed by atoms with Gasteiger partial charge >= 0.3 is 0 Å². The number of hydrogen-bond acceptors (Lipinski definition) is 5. The Kier molecular flexibility index (Phi) is 5.86. The van der Waals surface area contributed by atoms with Crippen LogP contribution in [0.15, 0.2) is 48.5 Å². The van der Waals surface area contributed by atoms with E-state index in [4.69, 9.17) is 4.98 Å². The van der Waals surface area contributed by atoms with Crippen molar-refractivity contribution in [2.75, 3.05) is 26.2 Å². The van der Waals surface area contributed by atoms with Gasteiger partial charge < -0.3 is 15.3 Å². The van der Waals surface area contributed by atoms with Gasteiger partial charge in [-0.2, -0.15) is 5.10 Å². The fourth-order valence-corrected chi connectivity index (χ4v) is 4.44. The summed E-state index contributed by atoms with van der Waals surface area (Å²) >= 11 is 0. The van der Waals surface area contributed by atoms with E-state index in [1.54, 1.807) is 24.3 Å². The minimum absolute atomic E-state index is 0.0311. The molecule has 7 heteroatoms. The first-order valence-corrected chi connectivity index (χ1v) is 11.4. The summed E-state index contributed by atoms with van der Waals surface area (Å²) in [6.07, 6.45) is 3.99. The highest BCUT2D eigenvalue weighted by Crippen LogP contribution is 2.29. The number of phenols is 1. The number of nitrogens with one attached hydrogen (secondary N) is 2. The zero-order chi connectivity index (χ0) is 23.7. The lowest BCUT2D eigenvalue weighted by Crippen LogP contribution is -2.46. The summed E-state index contributed by atoms with van der Waals surface area (Å²) in [6.45, 7) is 7.01. The number of H-pyrrole nitrogens is 1. The van der Waals surface area contributed by atoms with Gasteiger partial charge in [0.05, 0.1) is 22.3 Å². The van der Waals surface area contributed by atoms with E-state index < -0.39 is 0 Å². The molecule has 0 unspecified atom stereocenters. The van der Waals surface area contributed by atoms with E-state index in [9.17, 15) is 9.90 Å². The van der Waals surface area contributed by atoms with E-state index in [0.29, 0.717) is 35.4 Å². The minimum Gasteiger partial charge on any atom is -0.508 e. The lowest BCUT2D eigenvalue weighted by Gasteiger charge is -2.27. The van der Waals surface area contributed by atoms with Crippen LogP contribution in [0.5, 0.6) is 5.75 Å². The van der Waals surface area contributed by atoms with Gasteiger partial charge in [-0.25, -0.2) is 4.98 Å². The lowest BCUT2D eigenvalue weighted by atomic mass is 10.0. The van der Waals surface area contributed by atoms with Crippen molar-refractivity contribution in [1.82, 2.24) is 25.4 Å². The number of phenolic OH excluding ortho intramolecular Hbond substituents is 1. The molecule has 2 aromatic heterocycles. The zero-order valence-electron chi connectivity index (χ0n) is 19.3. The number of benzene rings is 2. The highest BCUT2D eigenvalue weighted by atomic mass is 16.3. The highest BCUT2D eigenvalue weighted by Gasteiger charge is 2.24. The molecule has 1 aliphatic rings. The van der Waals surface area contributed by atoms with Crippen LogP contribution in [0.3, 0.4) is 0 Å². The fraction of sp³-hybridized carbons (Fsp3) is 0.222. The minimum atomic E-state index is -0.0311. The van der Waals surface area contributed by atoms with Crippen molar-refractivity contribution in [1.29, 1.82) is 0 Å². The largest absolute Gasteiger partial charge is 0.508 e. The van der Waals surface area contributed by atoms with E-state index in [0.717, 1.165) is 29.9 Å². The van der Waals surface area contributed by atoms with Gasteiger partial charge in [0.25, 0.3) is 5.91 Å². The molecular formula is C27H27N5O2. The van der Waals surface area contributed by atoms with Crippen molar-refractivity contribution in [3.05, 3.63) is 76.5 Å². The predicted molar refractivity (Wildman–Crippen MR) is 135 cm³/mol. The van der Waals surface area contributed by atoms with Gasteiger partial charge in [0.15, 0.2) is 5.65 Å². The topological polar surface area (TPSA) is 94.1 Å². The number of fused-ring (bicyclic) bond motifs is 1. The molecule has 1 fully saturated rings. The van der Waals surface area contributed by atoms with Gasteiger partial charge in [-0.3, -0.25) is 9.89 Å². The molecular weight excluding hydrogens is 426 g/mol. The van der Waals surface area contributed by atoms with Crippen LogP contribution in [-0.4, -0.2) is 57.3 Å². The Morgan fingerprint density at radius 3 is 2.41 bits per heavy atom. The second-order valence-electron chi connectivity index (χ2n) is 8.73. The van der Waals surface area contributed by atoms with Crippen molar-refractivity contribution in [3.63, 3.8) is 0 Å². The Hall–Kier alpha value is -3.97. The molecule has 34 heavy (non-hydrogen) atoms. The Morgan fingerprint density at radius 1 is 1.00 bits per heavy atom. The second kappa shape index (κ2) is 9.11. The van der Waals surface area contributed by atoms with Crippen molar-refractivity contribution in [2.24, 2.45) is 0 Å². The van der Waals surface area contributed by atoms with Crippen LogP contribution in [-0.2, 0) is 0 Å². The van der Waals surface area contributed by atoms with Crippen molar-refractivity contribution in [2.45, 2.75) is 13.8 Å². The lowest BCUT2D eigenvalue weighted by molar-refractivity contribution is 0.0737. The van der Waals surface area contributed by atoms with Crippen LogP contribution in [0.1, 0.15) is 32.7 Å². The van der Waals surface area contributed by atoms with Crippen LogP contribution in [0.2, 0.25) is 0 Å². The smallest absolute Gasteiger partial charge is 0.254 e. The summed E-state index contributed by atoms with van der Waals surface area (Å²) in [5.41, 5.74) is 6.74. The number of nitrogens with zero attached hydrogens (tertiary/aromatic N) is 3. The number of aromatic nitrogens is 3. The number of aryl methyl sites for hydroxylation is 2. The van der Waals surface area contributed by atoms with Gasteiger partial charge in [0, 0.05) is 31.7 Å². The molecule has 0 spiro atoms. The maximum Gasteiger partial charge on any atom is 0.254 e. The van der Waals surface area contributed by atoms with Gasteiger partial charge in [0.1, 0.15) is 5.75 Å². The number of rotatable bonds is 4. The molecule has 1 saturated heterocycles. The number of aromatic amines is 1. The van der Waals surface area contributed by atoms with Crippen LogP contribution < -0.4 is 5.32 Å². The van der Waals surface area contributed by atoms with Crippen molar-refractivity contribution < 1.29 is 9.90 Å². The van der Waals surface area contributed by atoms with E-state index in [1.165, 1.54) is 11.1 Å². The Balaban J connectivity index is 1.62. The molecule has 5 rings (SSSR count). The van der Waals surface area contributed by atoms with Gasteiger partial charge in [-0.15, -0.1) is 0 Å². The number of pyridine rings is 1. The first-order chi connectivity index (χ1) is 16.5. The predicted octanol–water partition coefficient (Wildman–Crippen LogP) is 4.16. The number of carbonyl (C=O) groups is 1. The van der Waals surface area contributed by atoms with Gasteiger partial charge in [-0.1, -0.05) is 35.4 Å². The molecule has 3 heterocycles. The SMILES string of the molecule is Cc1cc(C)cc(C=Cc2[nH]nc3nc(-c4ccc(O)cc4)cc(C(=O)N4CCNCC4)c23)c1. The summed E-state index contributed by atoms with van der Waals surface area (Å²) in [4.78, 5) is 20.2. The quantitative estimate of drug-likeness (QED) is 0.431. The van der Waals surface area contributed by atoms with Crippen LogP contribution in [0.25, 0.3) is 34.4 Å². The monoisotopic (exact) mass is 453 g/mol. The molecule has 0 radical (unpaired) electrons. The number of amides is 1. The molecule has 7 nitrogen and oxygen atoms in total. The molecule has 0 bridgehead atoms. The number of aromatic hydroxyl groups is 1. The van der Waals surface area contributed by atoms with E-state index in [2.05, 4.69) is 47.6 Å². The number of piperazine rings is 1. The molecule has 3 N–H and O–H groups in total. The molecule has 2 aromatic carbocycles. The summed E-state index contributed by atoms with van der Waals surface area (Å²) in [6, 6.07) is 15.0. The maximum atomic E-state index is 13.6. The summed E-state index contributed by atoms with van der Waals surface area (Å²) < 4.78 is 0. The third-order valence-corrected chi connectivity index (χ3v) is 6.04. The fourth-order valence-electron chi connectivity index (χ4n) is 4.44. The molecule has 4 aromatic rings. The first-order valence-electron chi connectivity index (χ1n) is 11.4. The third-order valence-electron chi connectivity index (χ3n) is 6.04. The van der Waals surface area contributed by atoms with Crippen molar-refractivity contribution in [3.8, 4) is 17.0 Å². The number of hydrogen-bond donors (Lipinski definition) is 3. The Labute approximate surface area is 198 Å². The molecule has 0 aliphatic carbocycles. The van der Waals surface area contributed by atoms with Crippen molar-refractivity contribution >= 4 is 29.1 Å². The number of carbonyl (C=O) groups excluding carboxylic acids is 1. The van der Waals surface area contributed by atoms with Crippen LogP contribution in [0.4, 0.5) is 0 Å². The van der Waals surface area contributed by atoms with E-state index in [-0.39, 0.29) is 11.7 Å². The molecule has 1 amide bonds. The maximum absolute atomic E-state index is 13.6. The highest BCUT2D eigenvalue weighted by molar-refractivity contribution is 6.09. The summed E-state index contributed by atoms with van der Waals surface area (Å²) in [7, 11) is 0. The zero-order valence-corrected chi connectivity index (χ0v) is 19.3. The van der Waals surface area contributed by atoms with Gasteiger partial charge in [-0.05, 0) is 55.8 Å². The molecule has 172 valence electrons. The Bertz CT molecular complexity index is 1360. The van der Waals surface area contributed by atoms with E-state index in [1.807, 2.05) is 23.1 Å². The average molecular weight is 454 g/mol. The Morgan fingerprint density at radius 2 is 1.71 bits per heavy atom. The standard InChI is InChI=1S/C27H27N5O2/c1-17-13-18(2)15-19(14-17)3-8-23-25-22(27(34)32-11-9-28-10-12-32)16-24(29-26(25)31-30-23)20-4-6-21(33)7-5-20/h3-8,13-16,28,33H,9-12H2,1-2H3,(H,29,30,31). The summed E-state index contributed by atoms with van der Waals surface area (Å²) in [5.74, 6) is 0.150. The van der Waals surface area contributed by atoms with Crippen LogP contribution >= 0.6 is 0 Å². The first kappa shape index (κ1) is 21.9. The average Bonchev–Trinajstić information content (AvgIpc) is 3.25. The normalized spacial score (nSPS) is 14.2. The van der Waals surface area contributed by atoms with E-state index >= 15 is 0 Å². The molecule has 0 atom stereocenters. The van der Waals surface area contributed by atoms with Crippen LogP contribution in [0, 0.1) is 13.8 Å². The summed E-state index contributed by atoms with van der Waals surface area (Å²) in [5, 5.41) is 21.2.